The molecule has 2 aromatic rings. The first kappa shape index (κ1) is 17.6. The molecule has 2 saturated heterocycles. The van der Waals surface area contributed by atoms with Gasteiger partial charge < -0.3 is 19.4 Å². The van der Waals surface area contributed by atoms with Gasteiger partial charge in [0.1, 0.15) is 5.75 Å². The van der Waals surface area contributed by atoms with Crippen LogP contribution in [0.2, 0.25) is 0 Å². The Morgan fingerprint density at radius 2 is 1.70 bits per heavy atom. The maximum atomic E-state index is 13.0. The number of hydrogen-bond donors (Lipinski definition) is 0. The Bertz CT molecular complexity index is 796. The van der Waals surface area contributed by atoms with E-state index in [2.05, 4.69) is 20.9 Å². The fraction of sp³-hybridized carbons (Fsp3) is 0.429. The molecule has 2 fully saturated rings. The second kappa shape index (κ2) is 7.86. The van der Waals surface area contributed by atoms with Gasteiger partial charge in [-0.25, -0.2) is 0 Å². The number of carbonyl (C=O) groups is 1. The number of hydrogen-bond acceptors (Lipinski definition) is 5. The number of anilines is 2. The summed E-state index contributed by atoms with van der Waals surface area (Å²) in [5, 5.41) is 0. The van der Waals surface area contributed by atoms with Crippen molar-refractivity contribution in [2.24, 2.45) is 0 Å². The van der Waals surface area contributed by atoms with E-state index < -0.39 is 0 Å². The minimum absolute atomic E-state index is 0.0724. The van der Waals surface area contributed by atoms with Gasteiger partial charge in [-0.05, 0) is 31.0 Å². The molecule has 27 heavy (non-hydrogen) atoms. The predicted octanol–water partition coefficient (Wildman–Crippen LogP) is 2.65. The Hall–Kier alpha value is -2.76. The van der Waals surface area contributed by atoms with Crippen LogP contribution in [0.3, 0.4) is 0 Å². The molecule has 1 amide bonds. The summed E-state index contributed by atoms with van der Waals surface area (Å²) in [5.41, 5.74) is 2.83. The number of para-hydroxylation sites is 2. The van der Waals surface area contributed by atoms with Gasteiger partial charge in [0.2, 0.25) is 0 Å². The molecule has 0 radical (unpaired) electrons. The minimum atomic E-state index is 0.0724. The Labute approximate surface area is 160 Å². The van der Waals surface area contributed by atoms with Gasteiger partial charge in [0.15, 0.2) is 0 Å². The molecule has 0 spiro atoms. The molecule has 1 aromatic carbocycles. The summed E-state index contributed by atoms with van der Waals surface area (Å²) < 4.78 is 5.47. The summed E-state index contributed by atoms with van der Waals surface area (Å²) in [5.74, 6) is 0.947. The number of methoxy groups -OCH3 is 1. The van der Waals surface area contributed by atoms with E-state index in [-0.39, 0.29) is 5.91 Å². The first-order valence-corrected chi connectivity index (χ1v) is 9.63. The van der Waals surface area contributed by atoms with Crippen LogP contribution in [-0.4, -0.2) is 62.2 Å². The van der Waals surface area contributed by atoms with Crippen LogP contribution in [0.15, 0.2) is 42.7 Å². The van der Waals surface area contributed by atoms with Gasteiger partial charge in [-0.2, -0.15) is 0 Å². The molecule has 142 valence electrons. The molecule has 1 aromatic heterocycles. The molecule has 6 nitrogen and oxygen atoms in total. The SMILES string of the molecule is COc1ccccc1N1CCN(C(=O)c2cncc(N3CCCC3)c2)CC1. The number of piperazine rings is 1. The lowest BCUT2D eigenvalue weighted by atomic mass is 10.2. The highest BCUT2D eigenvalue weighted by Gasteiger charge is 2.24. The Morgan fingerprint density at radius 3 is 2.44 bits per heavy atom. The number of ether oxygens (including phenoxy) is 1. The van der Waals surface area contributed by atoms with Gasteiger partial charge in [0, 0.05) is 45.5 Å². The standard InChI is InChI=1S/C21H26N4O2/c1-27-20-7-3-2-6-19(20)24-10-12-25(13-11-24)21(26)17-14-18(16-22-15-17)23-8-4-5-9-23/h2-3,6-7,14-16H,4-5,8-13H2,1H3. The molecule has 0 unspecified atom stereocenters. The van der Waals surface area contributed by atoms with E-state index in [1.807, 2.05) is 35.4 Å². The van der Waals surface area contributed by atoms with Crippen LogP contribution < -0.4 is 14.5 Å². The van der Waals surface area contributed by atoms with Gasteiger partial charge >= 0.3 is 0 Å². The van der Waals surface area contributed by atoms with Crippen molar-refractivity contribution in [3.05, 3.63) is 48.3 Å². The average molecular weight is 366 g/mol. The van der Waals surface area contributed by atoms with Crippen LogP contribution >= 0.6 is 0 Å². The highest BCUT2D eigenvalue weighted by Crippen LogP contribution is 2.28. The third-order valence-corrected chi connectivity index (χ3v) is 5.43. The zero-order valence-electron chi connectivity index (χ0n) is 15.8. The highest BCUT2D eigenvalue weighted by atomic mass is 16.5. The summed E-state index contributed by atoms with van der Waals surface area (Å²) in [6.07, 6.45) is 5.97. The monoisotopic (exact) mass is 366 g/mol. The predicted molar refractivity (Wildman–Crippen MR) is 107 cm³/mol. The van der Waals surface area contributed by atoms with Crippen molar-refractivity contribution < 1.29 is 9.53 Å². The van der Waals surface area contributed by atoms with Gasteiger partial charge in [-0.1, -0.05) is 12.1 Å². The second-order valence-electron chi connectivity index (χ2n) is 7.08. The van der Waals surface area contributed by atoms with E-state index in [9.17, 15) is 4.79 Å². The molecule has 2 aliphatic rings. The number of amides is 1. The normalized spacial score (nSPS) is 17.3. The average Bonchev–Trinajstić information content (AvgIpc) is 3.28. The molecule has 0 aliphatic carbocycles. The van der Waals surface area contributed by atoms with Crippen LogP contribution in [0.5, 0.6) is 5.75 Å². The number of nitrogens with zero attached hydrogens (tertiary/aromatic N) is 4. The van der Waals surface area contributed by atoms with E-state index in [4.69, 9.17) is 4.74 Å². The van der Waals surface area contributed by atoms with Crippen molar-refractivity contribution in [1.29, 1.82) is 0 Å². The molecule has 0 saturated carbocycles. The van der Waals surface area contributed by atoms with Gasteiger partial charge in [-0.3, -0.25) is 9.78 Å². The number of benzene rings is 1. The van der Waals surface area contributed by atoms with Gasteiger partial charge in [-0.15, -0.1) is 0 Å². The first-order valence-electron chi connectivity index (χ1n) is 9.63. The lowest BCUT2D eigenvalue weighted by molar-refractivity contribution is 0.0746. The molecule has 0 bridgehead atoms. The van der Waals surface area contributed by atoms with Crippen molar-refractivity contribution in [1.82, 2.24) is 9.88 Å². The third kappa shape index (κ3) is 3.70. The molecule has 0 N–H and O–H groups in total. The number of pyridine rings is 1. The highest BCUT2D eigenvalue weighted by molar-refractivity contribution is 5.95. The molecular weight excluding hydrogens is 340 g/mol. The number of aromatic nitrogens is 1. The first-order chi connectivity index (χ1) is 13.3. The van der Waals surface area contributed by atoms with Crippen LogP contribution in [0.4, 0.5) is 11.4 Å². The summed E-state index contributed by atoms with van der Waals surface area (Å²) >= 11 is 0. The zero-order chi connectivity index (χ0) is 18.6. The Kier molecular flexibility index (Phi) is 5.14. The fourth-order valence-corrected chi connectivity index (χ4v) is 3.92. The van der Waals surface area contributed by atoms with Crippen LogP contribution in [-0.2, 0) is 0 Å². The molecular formula is C21H26N4O2. The minimum Gasteiger partial charge on any atom is -0.495 e. The largest absolute Gasteiger partial charge is 0.495 e. The molecule has 6 heteroatoms. The molecule has 2 aliphatic heterocycles. The van der Waals surface area contributed by atoms with Crippen molar-refractivity contribution >= 4 is 17.3 Å². The summed E-state index contributed by atoms with van der Waals surface area (Å²) in [4.78, 5) is 23.8. The van der Waals surface area contributed by atoms with Crippen LogP contribution in [0.25, 0.3) is 0 Å². The molecule has 4 rings (SSSR count). The van der Waals surface area contributed by atoms with E-state index in [1.54, 1.807) is 13.3 Å². The van der Waals surface area contributed by atoms with Crippen molar-refractivity contribution in [3.63, 3.8) is 0 Å². The molecule has 0 atom stereocenters. The second-order valence-corrected chi connectivity index (χ2v) is 7.08. The molecule has 3 heterocycles. The quantitative estimate of drug-likeness (QED) is 0.833. The lowest BCUT2D eigenvalue weighted by Crippen LogP contribution is -2.48. The van der Waals surface area contributed by atoms with Crippen molar-refractivity contribution in [2.45, 2.75) is 12.8 Å². The lowest BCUT2D eigenvalue weighted by Gasteiger charge is -2.36. The van der Waals surface area contributed by atoms with Gasteiger partial charge in [0.25, 0.3) is 5.91 Å². The summed E-state index contributed by atoms with van der Waals surface area (Å²) in [7, 11) is 1.69. The van der Waals surface area contributed by atoms with Crippen molar-refractivity contribution in [2.75, 3.05) is 56.2 Å². The maximum absolute atomic E-state index is 13.0. The fourth-order valence-electron chi connectivity index (χ4n) is 3.92. The maximum Gasteiger partial charge on any atom is 0.255 e. The summed E-state index contributed by atoms with van der Waals surface area (Å²) in [6.45, 7) is 5.10. The third-order valence-electron chi connectivity index (χ3n) is 5.43. The Morgan fingerprint density at radius 1 is 0.963 bits per heavy atom. The Balaban J connectivity index is 1.42. The van der Waals surface area contributed by atoms with E-state index >= 15 is 0 Å². The summed E-state index contributed by atoms with van der Waals surface area (Å²) in [6, 6.07) is 10.0. The van der Waals surface area contributed by atoms with E-state index in [1.165, 1.54) is 12.8 Å². The van der Waals surface area contributed by atoms with Crippen LogP contribution in [0.1, 0.15) is 23.2 Å². The van der Waals surface area contributed by atoms with E-state index in [0.29, 0.717) is 18.7 Å². The number of carbonyl (C=O) groups excluding carboxylic acids is 1. The topological polar surface area (TPSA) is 48.9 Å². The smallest absolute Gasteiger partial charge is 0.255 e. The van der Waals surface area contributed by atoms with E-state index in [0.717, 1.165) is 43.3 Å². The van der Waals surface area contributed by atoms with Crippen molar-refractivity contribution in [3.8, 4) is 5.75 Å². The number of rotatable bonds is 4. The van der Waals surface area contributed by atoms with Gasteiger partial charge in [0.05, 0.1) is 30.2 Å². The van der Waals surface area contributed by atoms with Crippen LogP contribution in [0, 0.1) is 0 Å². The zero-order valence-corrected chi connectivity index (χ0v) is 15.8.